The van der Waals surface area contributed by atoms with Gasteiger partial charge in [0.05, 0.1) is 6.26 Å². The minimum Gasteiger partial charge on any atom is -0.480 e. The van der Waals surface area contributed by atoms with Gasteiger partial charge in [0.2, 0.25) is 0 Å². The Hall–Kier alpha value is -3.81. The van der Waals surface area contributed by atoms with E-state index in [-0.39, 0.29) is 18.1 Å². The maximum atomic E-state index is 12.4. The van der Waals surface area contributed by atoms with Crippen LogP contribution in [-0.4, -0.2) is 29.4 Å². The molecule has 0 bridgehead atoms. The van der Waals surface area contributed by atoms with E-state index >= 15 is 0 Å². The molecule has 3 aromatic rings. The molecule has 8 nitrogen and oxygen atoms in total. The molecule has 2 aromatic carbocycles. The van der Waals surface area contributed by atoms with E-state index in [1.165, 1.54) is 6.26 Å². The normalized spacial score (nSPS) is 10.5. The second-order valence-corrected chi connectivity index (χ2v) is 5.56. The summed E-state index contributed by atoms with van der Waals surface area (Å²) >= 11 is 0. The zero-order valence-electron chi connectivity index (χ0n) is 13.6. The van der Waals surface area contributed by atoms with Crippen LogP contribution in [-0.2, 0) is 4.79 Å². The molecule has 0 spiro atoms. The first-order chi connectivity index (χ1) is 12.4. The number of anilines is 2. The van der Waals surface area contributed by atoms with Crippen molar-refractivity contribution in [2.24, 2.45) is 5.73 Å². The number of nitrogens with two attached hydrogens (primary N) is 1. The van der Waals surface area contributed by atoms with Gasteiger partial charge in [0.15, 0.2) is 5.76 Å². The summed E-state index contributed by atoms with van der Waals surface area (Å²) in [5, 5.41) is 22.8. The molecule has 3 rings (SSSR count). The smallest absolute Gasteiger partial charge is 0.322 e. The van der Waals surface area contributed by atoms with Gasteiger partial charge in [-0.3, -0.25) is 15.0 Å². The van der Waals surface area contributed by atoms with Crippen molar-refractivity contribution in [1.29, 1.82) is 5.41 Å². The minimum absolute atomic E-state index is 0.0595. The molecule has 0 saturated carbocycles. The summed E-state index contributed by atoms with van der Waals surface area (Å²) in [5.74, 6) is -1.28. The van der Waals surface area contributed by atoms with E-state index in [9.17, 15) is 9.59 Å². The molecule has 0 aliphatic heterocycles. The Bertz CT molecular complexity index is 992. The van der Waals surface area contributed by atoms with Crippen LogP contribution in [0.4, 0.5) is 11.4 Å². The highest BCUT2D eigenvalue weighted by Crippen LogP contribution is 2.24. The van der Waals surface area contributed by atoms with E-state index in [2.05, 4.69) is 10.6 Å². The molecule has 0 radical (unpaired) electrons. The Labute approximate surface area is 148 Å². The number of rotatable bonds is 6. The van der Waals surface area contributed by atoms with Crippen LogP contribution in [0.2, 0.25) is 0 Å². The Morgan fingerprint density at radius 2 is 1.81 bits per heavy atom. The number of nitrogens with one attached hydrogen (secondary N) is 3. The van der Waals surface area contributed by atoms with Crippen molar-refractivity contribution in [2.45, 2.75) is 0 Å². The highest BCUT2D eigenvalue weighted by molar-refractivity contribution is 6.12. The summed E-state index contributed by atoms with van der Waals surface area (Å²) < 4.78 is 5.37. The first-order valence-electron chi connectivity index (χ1n) is 7.67. The average Bonchev–Trinajstić information content (AvgIpc) is 3.04. The van der Waals surface area contributed by atoms with Gasteiger partial charge < -0.3 is 25.9 Å². The van der Waals surface area contributed by atoms with Crippen LogP contribution in [0.3, 0.4) is 0 Å². The third kappa shape index (κ3) is 3.64. The summed E-state index contributed by atoms with van der Waals surface area (Å²) in [6.45, 7) is -0.188. The number of carbonyl (C=O) groups is 2. The molecule has 26 heavy (non-hydrogen) atoms. The molecule has 0 fully saturated rings. The average molecular weight is 352 g/mol. The number of carboxylic acid groups (broad SMARTS) is 1. The Kier molecular flexibility index (Phi) is 4.57. The maximum absolute atomic E-state index is 12.4. The predicted molar refractivity (Wildman–Crippen MR) is 97.8 cm³/mol. The van der Waals surface area contributed by atoms with E-state index in [1.807, 2.05) is 0 Å². The fourth-order valence-electron chi connectivity index (χ4n) is 2.43. The molecule has 0 aliphatic rings. The van der Waals surface area contributed by atoms with Crippen LogP contribution in [0.15, 0.2) is 53.1 Å². The van der Waals surface area contributed by atoms with Crippen molar-refractivity contribution in [2.75, 3.05) is 17.2 Å². The lowest BCUT2D eigenvalue weighted by atomic mass is 10.1. The molecule has 1 heterocycles. The van der Waals surface area contributed by atoms with Crippen molar-refractivity contribution < 1.29 is 19.1 Å². The topological polar surface area (TPSA) is 141 Å². The summed E-state index contributed by atoms with van der Waals surface area (Å²) in [6.07, 6.45) is 1.44. The number of fused-ring (bicyclic) bond motifs is 1. The number of carboxylic acids is 1. The standard InChI is InChI=1S/C18H16N4O4/c19-17(20)10-1-6-14-11(7-10)9-26-16(14)18(25)22-13-4-2-12(3-5-13)21-8-15(23)24/h1-7,9,21H,8H2,(H3,19,20)(H,22,25)(H,23,24). The van der Waals surface area contributed by atoms with Gasteiger partial charge in [-0.1, -0.05) is 6.07 Å². The van der Waals surface area contributed by atoms with Crippen LogP contribution >= 0.6 is 0 Å². The highest BCUT2D eigenvalue weighted by atomic mass is 16.4. The van der Waals surface area contributed by atoms with Gasteiger partial charge in [0.1, 0.15) is 12.4 Å². The van der Waals surface area contributed by atoms with Crippen molar-refractivity contribution in [3.63, 3.8) is 0 Å². The molecule has 8 heteroatoms. The fraction of sp³-hybridized carbons (Fsp3) is 0.0556. The van der Waals surface area contributed by atoms with Gasteiger partial charge in [0, 0.05) is 27.7 Å². The Balaban J connectivity index is 1.74. The minimum atomic E-state index is -0.958. The fourth-order valence-corrected chi connectivity index (χ4v) is 2.43. The number of amidine groups is 1. The number of hydrogen-bond donors (Lipinski definition) is 5. The SMILES string of the molecule is N=C(N)c1ccc2c(C(=O)Nc3ccc(NCC(=O)O)cc3)occ2c1. The van der Waals surface area contributed by atoms with Gasteiger partial charge in [-0.15, -0.1) is 0 Å². The number of carbonyl (C=O) groups excluding carboxylic acids is 1. The van der Waals surface area contributed by atoms with E-state index in [0.29, 0.717) is 27.7 Å². The second-order valence-electron chi connectivity index (χ2n) is 5.56. The number of furan rings is 1. The number of aliphatic carboxylic acids is 1. The molecule has 0 atom stereocenters. The summed E-state index contributed by atoms with van der Waals surface area (Å²) in [6, 6.07) is 11.7. The Morgan fingerprint density at radius 1 is 1.12 bits per heavy atom. The maximum Gasteiger partial charge on any atom is 0.322 e. The number of benzene rings is 2. The van der Waals surface area contributed by atoms with Gasteiger partial charge in [-0.25, -0.2) is 0 Å². The van der Waals surface area contributed by atoms with Gasteiger partial charge in [-0.2, -0.15) is 0 Å². The number of hydrogen-bond acceptors (Lipinski definition) is 5. The first-order valence-corrected chi connectivity index (χ1v) is 7.67. The molecule has 0 saturated heterocycles. The lowest BCUT2D eigenvalue weighted by Crippen LogP contribution is -2.13. The molecule has 1 amide bonds. The van der Waals surface area contributed by atoms with Gasteiger partial charge >= 0.3 is 5.97 Å². The van der Waals surface area contributed by atoms with Crippen LogP contribution < -0.4 is 16.4 Å². The van der Waals surface area contributed by atoms with Crippen LogP contribution in [0, 0.1) is 5.41 Å². The first kappa shape index (κ1) is 17.0. The quantitative estimate of drug-likeness (QED) is 0.341. The summed E-state index contributed by atoms with van der Waals surface area (Å²) in [5.41, 5.74) is 7.18. The molecule has 0 unspecified atom stereocenters. The molecule has 6 N–H and O–H groups in total. The van der Waals surface area contributed by atoms with Gasteiger partial charge in [-0.05, 0) is 36.4 Å². The molecule has 132 valence electrons. The number of amides is 1. The van der Waals surface area contributed by atoms with E-state index in [1.54, 1.807) is 42.5 Å². The van der Waals surface area contributed by atoms with Crippen molar-refractivity contribution in [3.8, 4) is 0 Å². The lowest BCUT2D eigenvalue weighted by molar-refractivity contribution is -0.134. The Morgan fingerprint density at radius 3 is 2.46 bits per heavy atom. The summed E-state index contributed by atoms with van der Waals surface area (Å²) in [7, 11) is 0. The monoisotopic (exact) mass is 352 g/mol. The largest absolute Gasteiger partial charge is 0.480 e. The van der Waals surface area contributed by atoms with Crippen LogP contribution in [0.25, 0.3) is 10.8 Å². The number of nitrogen functional groups attached to an aromatic ring is 1. The highest BCUT2D eigenvalue weighted by Gasteiger charge is 2.15. The zero-order chi connectivity index (χ0) is 18.7. The van der Waals surface area contributed by atoms with E-state index in [0.717, 1.165) is 0 Å². The predicted octanol–water partition coefficient (Wildman–Crippen LogP) is 2.47. The van der Waals surface area contributed by atoms with Crippen molar-refractivity contribution in [3.05, 3.63) is 60.1 Å². The van der Waals surface area contributed by atoms with Crippen molar-refractivity contribution in [1.82, 2.24) is 0 Å². The van der Waals surface area contributed by atoms with Crippen LogP contribution in [0.5, 0.6) is 0 Å². The third-order valence-corrected chi connectivity index (χ3v) is 3.70. The van der Waals surface area contributed by atoms with Crippen LogP contribution in [0.1, 0.15) is 16.1 Å². The van der Waals surface area contributed by atoms with Gasteiger partial charge in [0.25, 0.3) is 5.91 Å². The second kappa shape index (κ2) is 6.98. The lowest BCUT2D eigenvalue weighted by Gasteiger charge is -2.06. The molecular weight excluding hydrogens is 336 g/mol. The third-order valence-electron chi connectivity index (χ3n) is 3.70. The zero-order valence-corrected chi connectivity index (χ0v) is 13.6. The van der Waals surface area contributed by atoms with Crippen molar-refractivity contribution >= 4 is 39.9 Å². The summed E-state index contributed by atoms with van der Waals surface area (Å²) in [4.78, 5) is 23.0. The van der Waals surface area contributed by atoms with E-state index < -0.39 is 11.9 Å². The molecule has 0 aliphatic carbocycles. The molecule has 1 aromatic heterocycles. The molecular formula is C18H16N4O4. The van der Waals surface area contributed by atoms with E-state index in [4.69, 9.17) is 20.7 Å².